The summed E-state index contributed by atoms with van der Waals surface area (Å²) in [6.07, 6.45) is 3.64. The fraction of sp³-hybridized carbons (Fsp3) is 0.0690. The van der Waals surface area contributed by atoms with Crippen LogP contribution >= 0.6 is 0 Å². The predicted octanol–water partition coefficient (Wildman–Crippen LogP) is 6.60. The number of rotatable bonds is 7. The molecule has 5 rings (SSSR count). The second-order valence-electron chi connectivity index (χ2n) is 8.21. The second kappa shape index (κ2) is 9.63. The summed E-state index contributed by atoms with van der Waals surface area (Å²) in [7, 11) is 0. The van der Waals surface area contributed by atoms with E-state index in [4.69, 9.17) is 5.73 Å². The van der Waals surface area contributed by atoms with Crippen LogP contribution in [0.4, 0.5) is 15.8 Å². The van der Waals surface area contributed by atoms with Crippen LogP contribution in [0.3, 0.4) is 0 Å². The number of hydrogen-bond donors (Lipinski definition) is 2. The number of nitrogen functional groups attached to an aromatic ring is 1. The Bertz CT molecular complexity index is 1390. The summed E-state index contributed by atoms with van der Waals surface area (Å²) in [5.74, 6) is -0.240. The molecule has 0 aliphatic carbocycles. The lowest BCUT2D eigenvalue weighted by molar-refractivity contribution is 0.631. The minimum atomic E-state index is -0.240. The first kappa shape index (κ1) is 21.5. The smallest absolute Gasteiger partial charge is 0.131 e. The molecule has 5 heteroatoms. The molecule has 0 unspecified atom stereocenters. The lowest BCUT2D eigenvalue weighted by atomic mass is 10.0. The van der Waals surface area contributed by atoms with Crippen LogP contribution in [0.2, 0.25) is 0 Å². The molecule has 0 amide bonds. The maximum absolute atomic E-state index is 14.4. The van der Waals surface area contributed by atoms with Crippen molar-refractivity contribution in [3.63, 3.8) is 0 Å². The molecule has 4 aromatic carbocycles. The second-order valence-corrected chi connectivity index (χ2v) is 8.21. The first-order valence-electron chi connectivity index (χ1n) is 11.2. The molecule has 34 heavy (non-hydrogen) atoms. The Morgan fingerprint density at radius 3 is 2.26 bits per heavy atom. The molecule has 1 heterocycles. The molecular formula is C29H25FN4. The fourth-order valence-electron chi connectivity index (χ4n) is 4.04. The Morgan fingerprint density at radius 2 is 1.53 bits per heavy atom. The zero-order chi connectivity index (χ0) is 23.3. The molecule has 0 saturated heterocycles. The van der Waals surface area contributed by atoms with Crippen molar-refractivity contribution in [3.05, 3.63) is 127 Å². The number of anilines is 2. The van der Waals surface area contributed by atoms with Crippen molar-refractivity contribution in [1.82, 2.24) is 9.55 Å². The third-order valence-corrected chi connectivity index (χ3v) is 5.92. The van der Waals surface area contributed by atoms with Crippen LogP contribution in [0.25, 0.3) is 22.3 Å². The monoisotopic (exact) mass is 448 g/mol. The summed E-state index contributed by atoms with van der Waals surface area (Å²) < 4.78 is 16.5. The van der Waals surface area contributed by atoms with Gasteiger partial charge in [-0.2, -0.15) is 0 Å². The van der Waals surface area contributed by atoms with Crippen LogP contribution < -0.4 is 11.1 Å². The number of nitrogens with two attached hydrogens (primary N) is 1. The highest BCUT2D eigenvalue weighted by Crippen LogP contribution is 2.27. The molecule has 3 N–H and O–H groups in total. The highest BCUT2D eigenvalue weighted by Gasteiger charge is 2.09. The third kappa shape index (κ3) is 4.69. The van der Waals surface area contributed by atoms with Gasteiger partial charge in [0, 0.05) is 23.1 Å². The maximum atomic E-state index is 14.4. The molecule has 0 aliphatic heterocycles. The van der Waals surface area contributed by atoms with Gasteiger partial charge >= 0.3 is 0 Å². The van der Waals surface area contributed by atoms with Crippen molar-refractivity contribution in [2.75, 3.05) is 11.1 Å². The van der Waals surface area contributed by atoms with E-state index in [2.05, 4.69) is 39.1 Å². The van der Waals surface area contributed by atoms with Crippen LogP contribution in [0, 0.1) is 5.82 Å². The van der Waals surface area contributed by atoms with E-state index < -0.39 is 0 Å². The topological polar surface area (TPSA) is 55.9 Å². The number of nitrogens with one attached hydrogen (secondary N) is 1. The zero-order valence-corrected chi connectivity index (χ0v) is 18.7. The number of benzene rings is 4. The van der Waals surface area contributed by atoms with E-state index >= 15 is 0 Å². The Hall–Kier alpha value is -4.38. The van der Waals surface area contributed by atoms with Gasteiger partial charge in [-0.25, -0.2) is 9.37 Å². The molecule has 168 valence electrons. The molecule has 0 spiro atoms. The fourth-order valence-corrected chi connectivity index (χ4v) is 4.04. The Kier molecular flexibility index (Phi) is 6.08. The van der Waals surface area contributed by atoms with E-state index in [1.165, 1.54) is 6.07 Å². The third-order valence-electron chi connectivity index (χ3n) is 5.92. The van der Waals surface area contributed by atoms with E-state index in [1.807, 2.05) is 73.2 Å². The van der Waals surface area contributed by atoms with Crippen LogP contribution in [0.5, 0.6) is 0 Å². The Labute approximate surface area is 198 Å². The molecule has 1 aromatic heterocycles. The Morgan fingerprint density at radius 1 is 0.794 bits per heavy atom. The summed E-state index contributed by atoms with van der Waals surface area (Å²) in [5, 5.41) is 3.40. The summed E-state index contributed by atoms with van der Waals surface area (Å²) in [5.41, 5.74) is 13.7. The molecule has 4 nitrogen and oxygen atoms in total. The SMILES string of the molecule is Nc1cc(-c2ccccc2)ccc1Cn1cncc1CNc1ccc(F)c(-c2ccccc2)c1. The van der Waals surface area contributed by atoms with Gasteiger partial charge in [0.2, 0.25) is 0 Å². The van der Waals surface area contributed by atoms with E-state index in [-0.39, 0.29) is 5.82 Å². The normalized spacial score (nSPS) is 10.9. The van der Waals surface area contributed by atoms with Crippen LogP contribution in [-0.2, 0) is 13.1 Å². The molecule has 0 atom stereocenters. The van der Waals surface area contributed by atoms with Crippen LogP contribution in [0.15, 0.2) is 110 Å². The number of halogens is 1. The quantitative estimate of drug-likeness (QED) is 0.276. The van der Waals surface area contributed by atoms with Crippen molar-refractivity contribution in [2.45, 2.75) is 13.1 Å². The largest absolute Gasteiger partial charge is 0.398 e. The van der Waals surface area contributed by atoms with Gasteiger partial charge < -0.3 is 15.6 Å². The van der Waals surface area contributed by atoms with Gasteiger partial charge in [-0.05, 0) is 46.5 Å². The number of imidazole rings is 1. The van der Waals surface area contributed by atoms with Crippen molar-refractivity contribution < 1.29 is 4.39 Å². The van der Waals surface area contributed by atoms with Crippen molar-refractivity contribution in [2.24, 2.45) is 0 Å². The number of hydrogen-bond acceptors (Lipinski definition) is 3. The van der Waals surface area contributed by atoms with Gasteiger partial charge in [0.15, 0.2) is 0 Å². The highest BCUT2D eigenvalue weighted by molar-refractivity contribution is 5.70. The van der Waals surface area contributed by atoms with Crippen molar-refractivity contribution >= 4 is 11.4 Å². The highest BCUT2D eigenvalue weighted by atomic mass is 19.1. The molecule has 0 radical (unpaired) electrons. The molecule has 0 bridgehead atoms. The van der Waals surface area contributed by atoms with E-state index in [9.17, 15) is 4.39 Å². The van der Waals surface area contributed by atoms with Gasteiger partial charge in [-0.15, -0.1) is 0 Å². The van der Waals surface area contributed by atoms with E-state index in [0.717, 1.165) is 39.3 Å². The van der Waals surface area contributed by atoms with Gasteiger partial charge in [-0.3, -0.25) is 0 Å². The van der Waals surface area contributed by atoms with Gasteiger partial charge in [0.05, 0.1) is 25.1 Å². The first-order valence-corrected chi connectivity index (χ1v) is 11.2. The van der Waals surface area contributed by atoms with E-state index in [1.54, 1.807) is 6.07 Å². The van der Waals surface area contributed by atoms with Crippen LogP contribution in [0.1, 0.15) is 11.3 Å². The first-order chi connectivity index (χ1) is 16.7. The lowest BCUT2D eigenvalue weighted by Crippen LogP contribution is -2.09. The van der Waals surface area contributed by atoms with Crippen LogP contribution in [-0.4, -0.2) is 9.55 Å². The summed E-state index contributed by atoms with van der Waals surface area (Å²) >= 11 is 0. The summed E-state index contributed by atoms with van der Waals surface area (Å²) in [6.45, 7) is 1.18. The predicted molar refractivity (Wildman–Crippen MR) is 137 cm³/mol. The maximum Gasteiger partial charge on any atom is 0.131 e. The number of aromatic nitrogens is 2. The molecule has 0 saturated carbocycles. The van der Waals surface area contributed by atoms with Crippen molar-refractivity contribution in [3.8, 4) is 22.3 Å². The average Bonchev–Trinajstić information content (AvgIpc) is 3.32. The lowest BCUT2D eigenvalue weighted by Gasteiger charge is -2.14. The molecule has 0 fully saturated rings. The standard InChI is InChI=1S/C29H25FN4/c30-28-14-13-25(16-27(28)22-9-5-2-6-10-22)33-18-26-17-32-20-34(26)19-24-12-11-23(15-29(24)31)21-7-3-1-4-8-21/h1-17,20,33H,18-19,31H2. The summed E-state index contributed by atoms with van der Waals surface area (Å²) in [4.78, 5) is 4.33. The number of nitrogens with zero attached hydrogens (tertiary/aromatic N) is 2. The van der Waals surface area contributed by atoms with Gasteiger partial charge in [0.1, 0.15) is 5.82 Å². The van der Waals surface area contributed by atoms with E-state index in [0.29, 0.717) is 18.7 Å². The van der Waals surface area contributed by atoms with Crippen molar-refractivity contribution in [1.29, 1.82) is 0 Å². The Balaban J connectivity index is 1.30. The zero-order valence-electron chi connectivity index (χ0n) is 18.7. The minimum absolute atomic E-state index is 0.240. The molecule has 5 aromatic rings. The van der Waals surface area contributed by atoms with Gasteiger partial charge in [-0.1, -0.05) is 72.8 Å². The average molecular weight is 449 g/mol. The summed E-state index contributed by atoms with van der Waals surface area (Å²) in [6, 6.07) is 31.0. The van der Waals surface area contributed by atoms with Gasteiger partial charge in [0.25, 0.3) is 0 Å². The minimum Gasteiger partial charge on any atom is -0.398 e. The molecular weight excluding hydrogens is 423 g/mol. The molecule has 0 aliphatic rings.